The number of halogens is 1. The molecule has 1 aromatic carbocycles. The average molecular weight is 384 g/mol. The van der Waals surface area contributed by atoms with Crippen LogP contribution in [0.15, 0.2) is 35.4 Å². The van der Waals surface area contributed by atoms with E-state index in [2.05, 4.69) is 4.72 Å². The number of sulfonamides is 1. The highest BCUT2D eigenvalue weighted by molar-refractivity contribution is 7.92. The molecule has 2 aromatic rings. The molecular formula is C16H18ClN3O4S. The first kappa shape index (κ1) is 17.6. The number of aromatic nitrogens is 1. The van der Waals surface area contributed by atoms with Crippen LogP contribution in [0.3, 0.4) is 0 Å². The van der Waals surface area contributed by atoms with Gasteiger partial charge in [0, 0.05) is 26.3 Å². The van der Waals surface area contributed by atoms with Crippen LogP contribution in [0.5, 0.6) is 5.75 Å². The molecule has 7 nitrogen and oxygen atoms in total. The van der Waals surface area contributed by atoms with E-state index in [9.17, 15) is 13.2 Å². The summed E-state index contributed by atoms with van der Waals surface area (Å²) in [4.78, 5) is 13.9. The van der Waals surface area contributed by atoms with Crippen molar-refractivity contribution < 1.29 is 17.9 Å². The van der Waals surface area contributed by atoms with Gasteiger partial charge in [-0.3, -0.25) is 9.52 Å². The summed E-state index contributed by atoms with van der Waals surface area (Å²) >= 11 is 6.03. The van der Waals surface area contributed by atoms with Gasteiger partial charge in [0.25, 0.3) is 15.9 Å². The number of rotatable bonds is 4. The van der Waals surface area contributed by atoms with Crippen LogP contribution in [0.4, 0.5) is 5.69 Å². The zero-order valence-electron chi connectivity index (χ0n) is 13.8. The van der Waals surface area contributed by atoms with E-state index in [0.29, 0.717) is 35.2 Å². The molecule has 0 aliphatic carbocycles. The molecule has 2 heterocycles. The predicted molar refractivity (Wildman–Crippen MR) is 94.8 cm³/mol. The number of fused-ring (bicyclic) bond motifs is 1. The van der Waals surface area contributed by atoms with Gasteiger partial charge in [0.15, 0.2) is 0 Å². The Morgan fingerprint density at radius 2 is 2.00 bits per heavy atom. The topological polar surface area (TPSA) is 80.6 Å². The number of amides is 1. The summed E-state index contributed by atoms with van der Waals surface area (Å²) in [7, 11) is -0.653. The van der Waals surface area contributed by atoms with E-state index in [-0.39, 0.29) is 10.8 Å². The van der Waals surface area contributed by atoms with Gasteiger partial charge < -0.3 is 14.2 Å². The summed E-state index contributed by atoms with van der Waals surface area (Å²) in [5, 5.41) is 0.298. The van der Waals surface area contributed by atoms with Gasteiger partial charge in [0.2, 0.25) is 0 Å². The number of methoxy groups -OCH3 is 1. The maximum absolute atomic E-state index is 12.6. The molecule has 3 rings (SSSR count). The van der Waals surface area contributed by atoms with E-state index in [1.165, 1.54) is 25.4 Å². The molecule has 0 fully saturated rings. The first-order valence-electron chi connectivity index (χ1n) is 7.64. The molecule has 0 saturated heterocycles. The second-order valence-corrected chi connectivity index (χ2v) is 7.88. The summed E-state index contributed by atoms with van der Waals surface area (Å²) in [6.07, 6.45) is 2.25. The fourth-order valence-electron chi connectivity index (χ4n) is 2.71. The van der Waals surface area contributed by atoms with Crippen LogP contribution in [-0.4, -0.2) is 44.5 Å². The number of anilines is 1. The lowest BCUT2D eigenvalue weighted by Gasteiger charge is -2.12. The van der Waals surface area contributed by atoms with Gasteiger partial charge >= 0.3 is 0 Å². The Balaban J connectivity index is 1.91. The minimum Gasteiger partial charge on any atom is -0.495 e. The van der Waals surface area contributed by atoms with E-state index in [4.69, 9.17) is 16.3 Å². The Hall–Kier alpha value is -2.19. The molecule has 1 N–H and O–H groups in total. The number of hydrogen-bond acceptors (Lipinski definition) is 4. The van der Waals surface area contributed by atoms with Gasteiger partial charge in [0.1, 0.15) is 16.3 Å². The van der Waals surface area contributed by atoms with Gasteiger partial charge in [-0.25, -0.2) is 8.42 Å². The van der Waals surface area contributed by atoms with Crippen molar-refractivity contribution in [2.24, 2.45) is 0 Å². The Bertz CT molecular complexity index is 923. The van der Waals surface area contributed by atoms with E-state index < -0.39 is 10.0 Å². The third-order valence-electron chi connectivity index (χ3n) is 4.04. The summed E-state index contributed by atoms with van der Waals surface area (Å²) < 4.78 is 34.5. The molecule has 9 heteroatoms. The SMILES string of the molecule is COc1ccc(NS(=O)(=O)c2cc3n(c2)CCCN(C)C3=O)cc1Cl. The molecule has 134 valence electrons. The number of carbonyl (C=O) groups excluding carboxylic acids is 1. The Morgan fingerprint density at radius 1 is 1.24 bits per heavy atom. The zero-order chi connectivity index (χ0) is 18.2. The normalized spacial score (nSPS) is 14.8. The highest BCUT2D eigenvalue weighted by atomic mass is 35.5. The number of benzene rings is 1. The quantitative estimate of drug-likeness (QED) is 0.879. The average Bonchev–Trinajstić information content (AvgIpc) is 2.94. The third kappa shape index (κ3) is 3.45. The van der Waals surface area contributed by atoms with Crippen LogP contribution < -0.4 is 9.46 Å². The first-order chi connectivity index (χ1) is 11.8. The Kier molecular flexibility index (Phi) is 4.66. The van der Waals surface area contributed by atoms with E-state index in [1.54, 1.807) is 28.6 Å². The fourth-order valence-corrected chi connectivity index (χ4v) is 4.06. The maximum Gasteiger partial charge on any atom is 0.270 e. The number of nitrogens with one attached hydrogen (secondary N) is 1. The molecule has 0 unspecified atom stereocenters. The molecule has 25 heavy (non-hydrogen) atoms. The van der Waals surface area contributed by atoms with E-state index in [1.807, 2.05) is 0 Å². The highest BCUT2D eigenvalue weighted by Gasteiger charge is 2.25. The summed E-state index contributed by atoms with van der Waals surface area (Å²) in [6.45, 7) is 1.24. The summed E-state index contributed by atoms with van der Waals surface area (Å²) in [5.41, 5.74) is 0.684. The summed E-state index contributed by atoms with van der Waals surface area (Å²) in [6, 6.07) is 6.01. The van der Waals surface area contributed by atoms with E-state index in [0.717, 1.165) is 6.42 Å². The zero-order valence-corrected chi connectivity index (χ0v) is 15.4. The molecule has 0 saturated carbocycles. The fraction of sp³-hybridized carbons (Fsp3) is 0.312. The number of hydrogen-bond donors (Lipinski definition) is 1. The molecule has 1 aliphatic rings. The molecule has 0 radical (unpaired) electrons. The number of aryl methyl sites for hydroxylation is 1. The van der Waals surface area contributed by atoms with Crippen LogP contribution in [0.25, 0.3) is 0 Å². The lowest BCUT2D eigenvalue weighted by atomic mass is 10.3. The van der Waals surface area contributed by atoms with Crippen molar-refractivity contribution in [1.29, 1.82) is 0 Å². The summed E-state index contributed by atoms with van der Waals surface area (Å²) in [5.74, 6) is 0.264. The first-order valence-corrected chi connectivity index (χ1v) is 9.50. The predicted octanol–water partition coefficient (Wildman–Crippen LogP) is 2.43. The van der Waals surface area contributed by atoms with Gasteiger partial charge in [-0.05, 0) is 30.7 Å². The smallest absolute Gasteiger partial charge is 0.270 e. The van der Waals surface area contributed by atoms with Crippen LogP contribution in [0.1, 0.15) is 16.9 Å². The molecule has 1 aliphatic heterocycles. The molecular weight excluding hydrogens is 366 g/mol. The second-order valence-electron chi connectivity index (χ2n) is 5.79. The van der Waals surface area contributed by atoms with Crippen molar-refractivity contribution >= 4 is 33.2 Å². The van der Waals surface area contributed by atoms with Crippen LogP contribution in [0.2, 0.25) is 5.02 Å². The van der Waals surface area contributed by atoms with Crippen molar-refractivity contribution in [2.75, 3.05) is 25.4 Å². The molecule has 0 spiro atoms. The monoisotopic (exact) mass is 383 g/mol. The van der Waals surface area contributed by atoms with Gasteiger partial charge in [0.05, 0.1) is 17.8 Å². The molecule has 1 aromatic heterocycles. The third-order valence-corrected chi connectivity index (χ3v) is 5.69. The molecule has 0 bridgehead atoms. The minimum atomic E-state index is -3.84. The van der Waals surface area contributed by atoms with Gasteiger partial charge in [-0.1, -0.05) is 11.6 Å². The van der Waals surface area contributed by atoms with Gasteiger partial charge in [-0.2, -0.15) is 0 Å². The standard InChI is InChI=1S/C16H18ClN3O4S/c1-19-6-3-7-20-10-12(9-14(20)16(19)21)25(22,23)18-11-4-5-15(24-2)13(17)8-11/h4-5,8-10,18H,3,6-7H2,1-2H3. The number of nitrogens with zero attached hydrogens (tertiary/aromatic N) is 2. The molecule has 1 amide bonds. The minimum absolute atomic E-state index is 0.0399. The van der Waals surface area contributed by atoms with E-state index >= 15 is 0 Å². The van der Waals surface area contributed by atoms with Crippen molar-refractivity contribution in [3.8, 4) is 5.75 Å². The Morgan fingerprint density at radius 3 is 2.68 bits per heavy atom. The number of ether oxygens (including phenoxy) is 1. The molecule has 0 atom stereocenters. The number of carbonyl (C=O) groups is 1. The highest BCUT2D eigenvalue weighted by Crippen LogP contribution is 2.29. The lowest BCUT2D eigenvalue weighted by Crippen LogP contribution is -2.26. The van der Waals surface area contributed by atoms with Gasteiger partial charge in [-0.15, -0.1) is 0 Å². The largest absolute Gasteiger partial charge is 0.495 e. The van der Waals surface area contributed by atoms with Crippen LogP contribution in [-0.2, 0) is 16.6 Å². The lowest BCUT2D eigenvalue weighted by molar-refractivity contribution is 0.0796. The van der Waals surface area contributed by atoms with Crippen molar-refractivity contribution in [3.05, 3.63) is 41.2 Å². The Labute approximate surface area is 151 Å². The maximum atomic E-state index is 12.6. The van der Waals surface area contributed by atoms with Crippen molar-refractivity contribution in [3.63, 3.8) is 0 Å². The van der Waals surface area contributed by atoms with Crippen molar-refractivity contribution in [1.82, 2.24) is 9.47 Å². The van der Waals surface area contributed by atoms with Crippen molar-refractivity contribution in [2.45, 2.75) is 17.9 Å². The van der Waals surface area contributed by atoms with Crippen LogP contribution in [0, 0.1) is 0 Å². The van der Waals surface area contributed by atoms with Crippen LogP contribution >= 0.6 is 11.6 Å². The second kappa shape index (κ2) is 6.61.